The molecule has 0 spiro atoms. The van der Waals surface area contributed by atoms with Crippen LogP contribution in [-0.4, -0.2) is 26.7 Å². The first-order valence-electron chi connectivity index (χ1n) is 11.4. The highest BCUT2D eigenvalue weighted by atomic mass is 79.9. The maximum absolute atomic E-state index is 14.0. The maximum Gasteiger partial charge on any atom is 0.344 e. The molecule has 0 radical (unpaired) electrons. The third kappa shape index (κ3) is 3.92. The predicted molar refractivity (Wildman–Crippen MR) is 143 cm³/mol. The lowest BCUT2D eigenvalue weighted by Crippen LogP contribution is -2.24. The van der Waals surface area contributed by atoms with E-state index in [2.05, 4.69) is 15.9 Å². The van der Waals surface area contributed by atoms with E-state index in [9.17, 15) is 19.8 Å². The highest BCUT2D eigenvalue weighted by Gasteiger charge is 2.33. The van der Waals surface area contributed by atoms with Gasteiger partial charge in [-0.2, -0.15) is 0 Å². The summed E-state index contributed by atoms with van der Waals surface area (Å²) in [5.74, 6) is -1.33. The Labute approximate surface area is 219 Å². The van der Waals surface area contributed by atoms with Crippen LogP contribution in [0.5, 0.6) is 17.2 Å². The number of phenolic OH excluding ortho intramolecular Hbond substituents is 1. The first kappa shape index (κ1) is 24.5. The molecule has 2 aromatic heterocycles. The number of nitrogens with zero attached hydrogens (tertiary/aromatic N) is 2. The van der Waals surface area contributed by atoms with Gasteiger partial charge in [-0.25, -0.2) is 9.48 Å². The molecule has 5 aromatic rings. The van der Waals surface area contributed by atoms with Crippen molar-refractivity contribution in [1.29, 1.82) is 0 Å². The summed E-state index contributed by atoms with van der Waals surface area (Å²) in [6.07, 6.45) is 0. The van der Waals surface area contributed by atoms with Crippen molar-refractivity contribution in [1.82, 2.24) is 9.36 Å². The third-order valence-electron chi connectivity index (χ3n) is 6.60. The van der Waals surface area contributed by atoms with Gasteiger partial charge < -0.3 is 19.4 Å². The van der Waals surface area contributed by atoms with Crippen LogP contribution in [0.3, 0.4) is 0 Å². The Morgan fingerprint density at radius 2 is 1.62 bits per heavy atom. The molecule has 3 aromatic carbocycles. The van der Waals surface area contributed by atoms with E-state index < -0.39 is 11.5 Å². The average molecular weight is 563 g/mol. The van der Waals surface area contributed by atoms with Crippen LogP contribution in [0.15, 0.2) is 85.2 Å². The fourth-order valence-corrected chi connectivity index (χ4v) is 5.18. The number of aromatic hydroxyl groups is 2. The number of ether oxygens (including phenoxy) is 1. The lowest BCUT2D eigenvalue weighted by Gasteiger charge is -2.20. The minimum Gasteiger partial charge on any atom is -0.507 e. The fraction of sp³-hybridized carbons (Fsp3) is 0.143. The van der Waals surface area contributed by atoms with Gasteiger partial charge in [0.15, 0.2) is 11.5 Å². The molecule has 0 unspecified atom stereocenters. The highest BCUT2D eigenvalue weighted by Crippen LogP contribution is 2.43. The summed E-state index contributed by atoms with van der Waals surface area (Å²) in [6, 6.07) is 18.9. The molecule has 8 nitrogen and oxygen atoms in total. The number of hydrogen-bond donors (Lipinski definition) is 2. The largest absolute Gasteiger partial charge is 0.507 e. The van der Waals surface area contributed by atoms with Crippen molar-refractivity contribution < 1.29 is 19.4 Å². The Balaban J connectivity index is 1.91. The van der Waals surface area contributed by atoms with Crippen molar-refractivity contribution >= 4 is 26.9 Å². The van der Waals surface area contributed by atoms with Crippen LogP contribution in [0.1, 0.15) is 28.3 Å². The average Bonchev–Trinajstić information content (AvgIpc) is 3.11. The molecule has 0 amide bonds. The molecular formula is C28H23BrN2O6. The van der Waals surface area contributed by atoms with Crippen molar-refractivity contribution in [2.24, 2.45) is 7.05 Å². The maximum atomic E-state index is 14.0. The van der Waals surface area contributed by atoms with E-state index in [1.165, 1.54) is 17.9 Å². The Kier molecular flexibility index (Phi) is 6.16. The van der Waals surface area contributed by atoms with Crippen LogP contribution in [0, 0.1) is 6.92 Å². The number of phenols is 1. The number of fused-ring (bicyclic) bond motifs is 1. The van der Waals surface area contributed by atoms with Crippen molar-refractivity contribution in [3.8, 4) is 22.9 Å². The zero-order valence-electron chi connectivity index (χ0n) is 20.2. The minimum atomic E-state index is -1.05. The van der Waals surface area contributed by atoms with Crippen LogP contribution in [0.4, 0.5) is 0 Å². The number of methoxy groups -OCH3 is 1. The summed E-state index contributed by atoms with van der Waals surface area (Å²) in [6.45, 7) is 1.77. The van der Waals surface area contributed by atoms with E-state index in [1.54, 1.807) is 49.0 Å². The Morgan fingerprint density at radius 3 is 2.32 bits per heavy atom. The first-order chi connectivity index (χ1) is 17.7. The zero-order valence-corrected chi connectivity index (χ0v) is 21.8. The van der Waals surface area contributed by atoms with Gasteiger partial charge in [0.25, 0.3) is 5.56 Å². The molecule has 2 N–H and O–H groups in total. The van der Waals surface area contributed by atoms with Crippen molar-refractivity contribution in [3.05, 3.63) is 114 Å². The van der Waals surface area contributed by atoms with Crippen LogP contribution < -0.4 is 15.9 Å². The second kappa shape index (κ2) is 9.33. The highest BCUT2D eigenvalue weighted by molar-refractivity contribution is 9.10. The lowest BCUT2D eigenvalue weighted by molar-refractivity contribution is 0.371. The van der Waals surface area contributed by atoms with Gasteiger partial charge in [-0.1, -0.05) is 30.3 Å². The summed E-state index contributed by atoms with van der Waals surface area (Å²) < 4.78 is 14.4. The molecule has 9 heteroatoms. The molecule has 0 fully saturated rings. The molecule has 5 rings (SSSR count). The SMILES string of the molecule is COc1cc([C@@H](c2c(O)c3ccccc3oc2=O)c2c(C)n(C)n(-c3ccccc3)c2=O)cc(Br)c1O. The lowest BCUT2D eigenvalue weighted by atomic mass is 9.84. The summed E-state index contributed by atoms with van der Waals surface area (Å²) in [5.41, 5.74) is 0.906. The molecular weight excluding hydrogens is 540 g/mol. The molecule has 0 aliphatic carbocycles. The van der Waals surface area contributed by atoms with E-state index in [1.807, 2.05) is 30.3 Å². The summed E-state index contributed by atoms with van der Waals surface area (Å²) >= 11 is 3.34. The van der Waals surface area contributed by atoms with Crippen LogP contribution in [0.25, 0.3) is 16.7 Å². The first-order valence-corrected chi connectivity index (χ1v) is 12.2. The molecule has 0 aliphatic heterocycles. The van der Waals surface area contributed by atoms with Gasteiger partial charge in [0, 0.05) is 12.7 Å². The Morgan fingerprint density at radius 1 is 0.946 bits per heavy atom. The number of hydrogen-bond acceptors (Lipinski definition) is 6. The standard InChI is InChI=1S/C28H23BrN2O6/c1-15-22(27(34)31(30(15)2)17-9-5-4-6-10-17)23(16-13-19(29)26(33)21(14-16)36-3)24-25(32)18-11-7-8-12-20(18)37-28(24)35/h4-14,23,32-33H,1-3H3/t23-/m1/s1. The molecule has 1 atom stereocenters. The van der Waals surface area contributed by atoms with Gasteiger partial charge in [-0.15, -0.1) is 0 Å². The number of halogens is 1. The molecule has 0 saturated heterocycles. The summed E-state index contributed by atoms with van der Waals surface area (Å²) in [4.78, 5) is 27.4. The summed E-state index contributed by atoms with van der Waals surface area (Å²) in [7, 11) is 3.15. The van der Waals surface area contributed by atoms with E-state index >= 15 is 0 Å². The van der Waals surface area contributed by atoms with Crippen molar-refractivity contribution in [2.75, 3.05) is 7.11 Å². The van der Waals surface area contributed by atoms with Crippen LogP contribution >= 0.6 is 15.9 Å². The molecule has 0 aliphatic rings. The van der Waals surface area contributed by atoms with E-state index in [0.717, 1.165) is 0 Å². The molecule has 188 valence electrons. The minimum absolute atomic E-state index is 0.0932. The number of benzene rings is 3. The van der Waals surface area contributed by atoms with E-state index in [4.69, 9.17) is 9.15 Å². The Hall–Kier alpha value is -4.24. The van der Waals surface area contributed by atoms with Gasteiger partial charge in [0.05, 0.1) is 39.7 Å². The number of aromatic nitrogens is 2. The van der Waals surface area contributed by atoms with Gasteiger partial charge in [-0.3, -0.25) is 9.48 Å². The van der Waals surface area contributed by atoms with Gasteiger partial charge in [0.1, 0.15) is 11.3 Å². The van der Waals surface area contributed by atoms with Crippen LogP contribution in [-0.2, 0) is 7.05 Å². The predicted octanol–water partition coefficient (Wildman–Crippen LogP) is 4.95. The van der Waals surface area contributed by atoms with Gasteiger partial charge >= 0.3 is 5.63 Å². The molecule has 37 heavy (non-hydrogen) atoms. The second-order valence-corrected chi connectivity index (χ2v) is 9.46. The number of para-hydroxylation sites is 2. The molecule has 0 bridgehead atoms. The second-order valence-electron chi connectivity index (χ2n) is 8.61. The van der Waals surface area contributed by atoms with Crippen molar-refractivity contribution in [2.45, 2.75) is 12.8 Å². The summed E-state index contributed by atoms with van der Waals surface area (Å²) in [5, 5.41) is 22.1. The topological polar surface area (TPSA) is 107 Å². The van der Waals surface area contributed by atoms with E-state index in [0.29, 0.717) is 26.8 Å². The third-order valence-corrected chi connectivity index (χ3v) is 7.20. The van der Waals surface area contributed by atoms with Gasteiger partial charge in [-0.05, 0) is 64.8 Å². The Bertz CT molecular complexity index is 1770. The smallest absolute Gasteiger partial charge is 0.344 e. The molecule has 0 saturated carbocycles. The number of rotatable bonds is 5. The monoisotopic (exact) mass is 562 g/mol. The normalized spacial score (nSPS) is 12.1. The van der Waals surface area contributed by atoms with Crippen LogP contribution in [0.2, 0.25) is 0 Å². The van der Waals surface area contributed by atoms with Gasteiger partial charge in [0.2, 0.25) is 0 Å². The van der Waals surface area contributed by atoms with Crippen molar-refractivity contribution in [3.63, 3.8) is 0 Å². The zero-order chi connectivity index (χ0) is 26.4. The fourth-order valence-electron chi connectivity index (χ4n) is 4.72. The quantitative estimate of drug-likeness (QED) is 0.293. The molecule has 2 heterocycles. The van der Waals surface area contributed by atoms with E-state index in [-0.39, 0.29) is 39.5 Å².